The molecule has 5 nitrogen and oxygen atoms in total. The van der Waals surface area contributed by atoms with E-state index in [1.54, 1.807) is 0 Å². The topological polar surface area (TPSA) is 45.5 Å². The minimum Gasteiger partial charge on any atom is -0.369 e. The quantitative estimate of drug-likeness (QED) is 0.879. The smallest absolute Gasteiger partial charge is 0.180 e. The molecule has 0 saturated heterocycles. The van der Waals surface area contributed by atoms with Gasteiger partial charge in [-0.2, -0.15) is 0 Å². The molecular weight excluding hydrogens is 250 g/mol. The number of hydrogen-bond acceptors (Lipinski definition) is 4. The number of nitrogens with one attached hydrogen (secondary N) is 1. The highest BCUT2D eigenvalue weighted by atomic mass is 15.2. The molecule has 3 rings (SSSR count). The number of rotatable bonds is 6. The van der Waals surface area contributed by atoms with Crippen LogP contribution in [0.2, 0.25) is 0 Å². The lowest BCUT2D eigenvalue weighted by atomic mass is 9.85. The molecule has 2 aromatic heterocycles. The van der Waals surface area contributed by atoms with Gasteiger partial charge in [-0.1, -0.05) is 6.42 Å². The van der Waals surface area contributed by atoms with Gasteiger partial charge in [0.1, 0.15) is 5.82 Å². The molecule has 20 heavy (non-hydrogen) atoms. The van der Waals surface area contributed by atoms with Crippen molar-refractivity contribution < 1.29 is 0 Å². The van der Waals surface area contributed by atoms with Crippen LogP contribution in [-0.2, 0) is 0 Å². The molecule has 0 aliphatic heterocycles. The summed E-state index contributed by atoms with van der Waals surface area (Å²) in [6.45, 7) is 7.23. The first kappa shape index (κ1) is 13.2. The fraction of sp³-hybridized carbons (Fsp3) is 0.600. The molecule has 1 aliphatic carbocycles. The Morgan fingerprint density at radius 1 is 1.40 bits per heavy atom. The molecule has 1 N–H and O–H groups in total. The molecule has 108 valence electrons. The Morgan fingerprint density at radius 3 is 2.90 bits per heavy atom. The first-order valence-corrected chi connectivity index (χ1v) is 7.64. The molecule has 1 aliphatic rings. The second-order valence-electron chi connectivity index (χ2n) is 5.47. The Bertz CT molecular complexity index is 573. The molecule has 0 unspecified atom stereocenters. The zero-order valence-corrected chi connectivity index (χ0v) is 12.3. The van der Waals surface area contributed by atoms with Crippen molar-refractivity contribution in [3.05, 3.63) is 18.6 Å². The maximum absolute atomic E-state index is 4.78. The lowest BCUT2D eigenvalue weighted by Gasteiger charge is -2.32. The van der Waals surface area contributed by atoms with Crippen LogP contribution in [0.4, 0.5) is 11.6 Å². The lowest BCUT2D eigenvalue weighted by Crippen LogP contribution is -2.33. The summed E-state index contributed by atoms with van der Waals surface area (Å²) in [5, 5.41) is 3.30. The molecule has 2 aromatic rings. The van der Waals surface area contributed by atoms with E-state index in [9.17, 15) is 0 Å². The van der Waals surface area contributed by atoms with Crippen molar-refractivity contribution in [2.24, 2.45) is 5.92 Å². The normalized spacial score (nSPS) is 15.3. The Labute approximate surface area is 120 Å². The summed E-state index contributed by atoms with van der Waals surface area (Å²) in [6, 6.07) is 0. The zero-order valence-electron chi connectivity index (χ0n) is 12.3. The van der Waals surface area contributed by atoms with E-state index in [0.717, 1.165) is 42.8 Å². The van der Waals surface area contributed by atoms with Crippen molar-refractivity contribution in [2.45, 2.75) is 33.1 Å². The van der Waals surface area contributed by atoms with Gasteiger partial charge in [-0.05, 0) is 32.6 Å². The van der Waals surface area contributed by atoms with E-state index in [-0.39, 0.29) is 0 Å². The summed E-state index contributed by atoms with van der Waals surface area (Å²) < 4.78 is 2.06. The highest BCUT2D eigenvalue weighted by Gasteiger charge is 2.22. The van der Waals surface area contributed by atoms with Crippen LogP contribution < -0.4 is 10.2 Å². The molecule has 0 bridgehead atoms. The van der Waals surface area contributed by atoms with Gasteiger partial charge in [0.15, 0.2) is 11.5 Å². The van der Waals surface area contributed by atoms with Crippen LogP contribution in [-0.4, -0.2) is 34.0 Å². The first-order valence-electron chi connectivity index (χ1n) is 7.64. The maximum atomic E-state index is 4.78. The minimum absolute atomic E-state index is 0.828. The summed E-state index contributed by atoms with van der Waals surface area (Å²) in [5.41, 5.74) is 0.952. The Kier molecular flexibility index (Phi) is 3.76. The summed E-state index contributed by atoms with van der Waals surface area (Å²) in [4.78, 5) is 11.6. The standard InChI is InChI=1S/C15H23N5/c1-3-16-13-11-20-9-8-17-14(20)15(18-13)19(4-2)10-12-6-5-7-12/h8-9,11-12,16H,3-7,10H2,1-2H3. The summed E-state index contributed by atoms with van der Waals surface area (Å²) in [7, 11) is 0. The molecule has 0 amide bonds. The van der Waals surface area contributed by atoms with E-state index in [1.165, 1.54) is 19.3 Å². The lowest BCUT2D eigenvalue weighted by molar-refractivity contribution is 0.318. The average molecular weight is 273 g/mol. The van der Waals surface area contributed by atoms with Gasteiger partial charge in [0.25, 0.3) is 0 Å². The first-order chi connectivity index (χ1) is 9.81. The maximum Gasteiger partial charge on any atom is 0.180 e. The van der Waals surface area contributed by atoms with Crippen molar-refractivity contribution in [3.63, 3.8) is 0 Å². The fourth-order valence-corrected chi connectivity index (χ4v) is 2.75. The van der Waals surface area contributed by atoms with Crippen molar-refractivity contribution in [3.8, 4) is 0 Å². The van der Waals surface area contributed by atoms with Gasteiger partial charge in [0.2, 0.25) is 0 Å². The van der Waals surface area contributed by atoms with Crippen LogP contribution in [0.5, 0.6) is 0 Å². The second-order valence-corrected chi connectivity index (χ2v) is 5.47. The predicted molar refractivity (Wildman–Crippen MR) is 82.4 cm³/mol. The second kappa shape index (κ2) is 5.69. The number of fused-ring (bicyclic) bond motifs is 1. The van der Waals surface area contributed by atoms with Crippen LogP contribution in [0.15, 0.2) is 18.6 Å². The largest absolute Gasteiger partial charge is 0.369 e. The molecule has 0 radical (unpaired) electrons. The molecule has 0 atom stereocenters. The van der Waals surface area contributed by atoms with Gasteiger partial charge in [0, 0.05) is 32.0 Å². The van der Waals surface area contributed by atoms with Gasteiger partial charge >= 0.3 is 0 Å². The van der Waals surface area contributed by atoms with E-state index in [0.29, 0.717) is 0 Å². The molecule has 5 heteroatoms. The monoisotopic (exact) mass is 273 g/mol. The van der Waals surface area contributed by atoms with Gasteiger partial charge in [-0.15, -0.1) is 0 Å². The summed E-state index contributed by atoms with van der Waals surface area (Å²) in [5.74, 6) is 2.75. The Balaban J connectivity index is 1.95. The molecule has 1 saturated carbocycles. The molecule has 1 fully saturated rings. The van der Waals surface area contributed by atoms with Gasteiger partial charge < -0.3 is 14.6 Å². The zero-order chi connectivity index (χ0) is 13.9. The summed E-state index contributed by atoms with van der Waals surface area (Å²) in [6.07, 6.45) is 9.92. The highest BCUT2D eigenvalue weighted by Crippen LogP contribution is 2.29. The van der Waals surface area contributed by atoms with E-state index in [4.69, 9.17) is 4.98 Å². The van der Waals surface area contributed by atoms with Crippen molar-refractivity contribution in [2.75, 3.05) is 29.9 Å². The number of imidazole rings is 1. The number of aromatic nitrogens is 3. The molecular formula is C15H23N5. The molecule has 0 spiro atoms. The molecule has 0 aromatic carbocycles. The van der Waals surface area contributed by atoms with Crippen LogP contribution in [0.3, 0.4) is 0 Å². The van der Waals surface area contributed by atoms with E-state index in [1.807, 2.05) is 18.6 Å². The molecule has 2 heterocycles. The number of nitrogens with zero attached hydrogens (tertiary/aromatic N) is 4. The fourth-order valence-electron chi connectivity index (χ4n) is 2.75. The van der Waals surface area contributed by atoms with Crippen LogP contribution in [0.25, 0.3) is 5.65 Å². The summed E-state index contributed by atoms with van der Waals surface area (Å²) >= 11 is 0. The van der Waals surface area contributed by atoms with Crippen molar-refractivity contribution in [1.29, 1.82) is 0 Å². The third-order valence-corrected chi connectivity index (χ3v) is 4.10. The third-order valence-electron chi connectivity index (χ3n) is 4.10. The van der Waals surface area contributed by atoms with E-state index in [2.05, 4.69) is 33.4 Å². The SMILES string of the molecule is CCNc1cn2ccnc2c(N(CC)CC2CCC2)n1. The average Bonchev–Trinajstić information content (AvgIpc) is 2.86. The Morgan fingerprint density at radius 2 is 2.25 bits per heavy atom. The van der Waals surface area contributed by atoms with E-state index >= 15 is 0 Å². The third kappa shape index (κ3) is 2.44. The van der Waals surface area contributed by atoms with Crippen LogP contribution >= 0.6 is 0 Å². The predicted octanol–water partition coefficient (Wildman–Crippen LogP) is 2.79. The van der Waals surface area contributed by atoms with E-state index < -0.39 is 0 Å². The minimum atomic E-state index is 0.828. The van der Waals surface area contributed by atoms with Crippen molar-refractivity contribution >= 4 is 17.3 Å². The van der Waals surface area contributed by atoms with Gasteiger partial charge in [-0.3, -0.25) is 0 Å². The number of hydrogen-bond donors (Lipinski definition) is 1. The van der Waals surface area contributed by atoms with Gasteiger partial charge in [-0.25, -0.2) is 9.97 Å². The van der Waals surface area contributed by atoms with Crippen LogP contribution in [0, 0.1) is 5.92 Å². The van der Waals surface area contributed by atoms with Crippen LogP contribution in [0.1, 0.15) is 33.1 Å². The Hall–Kier alpha value is -1.78. The van der Waals surface area contributed by atoms with Gasteiger partial charge in [0.05, 0.1) is 6.20 Å². The highest BCUT2D eigenvalue weighted by molar-refractivity contribution is 5.66. The number of anilines is 2. The van der Waals surface area contributed by atoms with Crippen molar-refractivity contribution in [1.82, 2.24) is 14.4 Å².